The van der Waals surface area contributed by atoms with Crippen LogP contribution in [0.4, 0.5) is 0 Å². The van der Waals surface area contributed by atoms with E-state index in [9.17, 15) is 9.59 Å². The molecule has 4 N–H and O–H groups in total. The van der Waals surface area contributed by atoms with Crippen molar-refractivity contribution in [1.82, 2.24) is 31.2 Å². The van der Waals surface area contributed by atoms with Crippen molar-refractivity contribution >= 4 is 35.0 Å². The van der Waals surface area contributed by atoms with Crippen molar-refractivity contribution in [2.24, 2.45) is 0 Å². The summed E-state index contributed by atoms with van der Waals surface area (Å²) in [5, 5.41) is 14.2. The largest absolute Gasteiger partial charge is 0.481 e. The third-order valence-electron chi connectivity index (χ3n) is 9.76. The molecule has 7 rings (SSSR count). The number of nitrogens with one attached hydrogen (secondary N) is 4. The molecule has 2 amide bonds. The number of methoxy groups -OCH3 is 1. The third-order valence-corrected chi connectivity index (χ3v) is 10.6. The number of amides is 2. The zero-order chi connectivity index (χ0) is 33.9. The zero-order valence-corrected chi connectivity index (χ0v) is 29.0. The molecule has 0 radical (unpaired) electrons. The third kappa shape index (κ3) is 7.31. The Morgan fingerprint density at radius 3 is 2.20 bits per heavy atom. The molecule has 254 valence electrons. The van der Waals surface area contributed by atoms with Gasteiger partial charge in [-0.25, -0.2) is 4.98 Å². The molecular formula is C38H40Cl2N6O3. The smallest absolute Gasteiger partial charge is 0.220 e. The molecule has 0 unspecified atom stereocenters. The van der Waals surface area contributed by atoms with Gasteiger partial charge in [0, 0.05) is 90.2 Å². The molecule has 3 aliphatic rings. The SMILES string of the molecule is COc1nc(-c2cccc(-c3cccc(-c4cnc5c(c4)CCC[C@H]5NC[C@H]4CCC(=O)N4)c3Cl)c2Cl)ccc1CNC[C@H]1CCC(=O)N1. The van der Waals surface area contributed by atoms with Crippen LogP contribution in [0, 0.1) is 0 Å². The van der Waals surface area contributed by atoms with E-state index in [1.54, 1.807) is 7.11 Å². The van der Waals surface area contributed by atoms with Gasteiger partial charge in [-0.3, -0.25) is 14.6 Å². The van der Waals surface area contributed by atoms with E-state index in [0.717, 1.165) is 77.7 Å². The summed E-state index contributed by atoms with van der Waals surface area (Å²) in [6.45, 7) is 2.00. The van der Waals surface area contributed by atoms with Crippen molar-refractivity contribution in [2.45, 2.75) is 69.6 Å². The molecule has 4 heterocycles. The normalized spacial score (nSPS) is 20.2. The summed E-state index contributed by atoms with van der Waals surface area (Å²) in [7, 11) is 1.61. The predicted molar refractivity (Wildman–Crippen MR) is 193 cm³/mol. The Kier molecular flexibility index (Phi) is 10.1. The Morgan fingerprint density at radius 1 is 0.837 bits per heavy atom. The van der Waals surface area contributed by atoms with E-state index in [1.807, 2.05) is 54.7 Å². The number of ether oxygens (including phenoxy) is 1. The van der Waals surface area contributed by atoms with Crippen LogP contribution >= 0.6 is 23.2 Å². The van der Waals surface area contributed by atoms with Gasteiger partial charge in [-0.15, -0.1) is 0 Å². The second kappa shape index (κ2) is 14.8. The molecule has 3 atom stereocenters. The molecule has 0 saturated carbocycles. The van der Waals surface area contributed by atoms with Gasteiger partial charge in [0.15, 0.2) is 0 Å². The van der Waals surface area contributed by atoms with E-state index in [-0.39, 0.29) is 29.9 Å². The minimum atomic E-state index is 0.105. The summed E-state index contributed by atoms with van der Waals surface area (Å²) >= 11 is 14.3. The first-order valence-electron chi connectivity index (χ1n) is 17.0. The number of fused-ring (bicyclic) bond motifs is 1. The molecule has 0 spiro atoms. The van der Waals surface area contributed by atoms with Crippen molar-refractivity contribution in [3.05, 3.63) is 87.7 Å². The first kappa shape index (κ1) is 33.5. The number of aryl methyl sites for hydroxylation is 1. The lowest BCUT2D eigenvalue weighted by Crippen LogP contribution is -2.38. The van der Waals surface area contributed by atoms with Crippen LogP contribution in [-0.4, -0.2) is 54.1 Å². The van der Waals surface area contributed by atoms with E-state index in [2.05, 4.69) is 27.3 Å². The maximum absolute atomic E-state index is 11.6. The number of rotatable bonds is 11. The minimum absolute atomic E-state index is 0.105. The van der Waals surface area contributed by atoms with E-state index >= 15 is 0 Å². The summed E-state index contributed by atoms with van der Waals surface area (Å²) in [5.41, 5.74) is 8.19. The van der Waals surface area contributed by atoms with Crippen LogP contribution in [0.3, 0.4) is 0 Å². The van der Waals surface area contributed by atoms with Crippen molar-refractivity contribution in [3.8, 4) is 39.4 Å². The van der Waals surface area contributed by atoms with Gasteiger partial charge < -0.3 is 26.0 Å². The van der Waals surface area contributed by atoms with Crippen LogP contribution in [0.25, 0.3) is 33.5 Å². The molecule has 2 aromatic heterocycles. The highest BCUT2D eigenvalue weighted by atomic mass is 35.5. The van der Waals surface area contributed by atoms with Crippen LogP contribution in [-0.2, 0) is 22.6 Å². The van der Waals surface area contributed by atoms with E-state index in [4.69, 9.17) is 37.9 Å². The topological polar surface area (TPSA) is 117 Å². The summed E-state index contributed by atoms with van der Waals surface area (Å²) in [5.74, 6) is 0.757. The summed E-state index contributed by atoms with van der Waals surface area (Å²) in [6, 6.07) is 18.5. The number of pyridine rings is 2. The van der Waals surface area contributed by atoms with Gasteiger partial charge in [-0.2, -0.15) is 0 Å². The van der Waals surface area contributed by atoms with Gasteiger partial charge in [-0.1, -0.05) is 65.7 Å². The van der Waals surface area contributed by atoms with Crippen LogP contribution < -0.4 is 26.0 Å². The van der Waals surface area contributed by atoms with Crippen molar-refractivity contribution < 1.29 is 14.3 Å². The number of hydrogen-bond acceptors (Lipinski definition) is 7. The fraction of sp³-hybridized carbons (Fsp3) is 0.368. The van der Waals surface area contributed by atoms with Crippen LogP contribution in [0.5, 0.6) is 5.88 Å². The summed E-state index contributed by atoms with van der Waals surface area (Å²) < 4.78 is 5.66. The number of hydrogen-bond donors (Lipinski definition) is 4. The van der Waals surface area contributed by atoms with Gasteiger partial charge in [0.05, 0.1) is 28.5 Å². The molecule has 9 nitrogen and oxygen atoms in total. The Morgan fingerprint density at radius 2 is 1.51 bits per heavy atom. The number of nitrogens with zero attached hydrogens (tertiary/aromatic N) is 2. The molecule has 2 aliphatic heterocycles. The fourth-order valence-corrected chi connectivity index (χ4v) is 7.83. The van der Waals surface area contributed by atoms with E-state index < -0.39 is 0 Å². The molecule has 1 aliphatic carbocycles. The van der Waals surface area contributed by atoms with Gasteiger partial charge >= 0.3 is 0 Å². The maximum Gasteiger partial charge on any atom is 0.220 e. The van der Waals surface area contributed by atoms with Crippen molar-refractivity contribution in [3.63, 3.8) is 0 Å². The average Bonchev–Trinajstić information content (AvgIpc) is 3.74. The highest BCUT2D eigenvalue weighted by Crippen LogP contribution is 2.43. The molecule has 4 aromatic rings. The number of halogens is 2. The van der Waals surface area contributed by atoms with Gasteiger partial charge in [0.25, 0.3) is 0 Å². The zero-order valence-electron chi connectivity index (χ0n) is 27.5. The van der Waals surface area contributed by atoms with Crippen LogP contribution in [0.1, 0.15) is 61.4 Å². The van der Waals surface area contributed by atoms with Gasteiger partial charge in [0.2, 0.25) is 17.7 Å². The minimum Gasteiger partial charge on any atom is -0.481 e. The Bertz CT molecular complexity index is 1880. The van der Waals surface area contributed by atoms with Crippen molar-refractivity contribution in [1.29, 1.82) is 0 Å². The Balaban J connectivity index is 1.10. The monoisotopic (exact) mass is 698 g/mol. The molecular weight excluding hydrogens is 659 g/mol. The molecule has 2 saturated heterocycles. The maximum atomic E-state index is 11.6. The van der Waals surface area contributed by atoms with Gasteiger partial charge in [-0.05, 0) is 49.8 Å². The molecule has 2 fully saturated rings. The number of carbonyl (C=O) groups is 2. The summed E-state index contributed by atoms with van der Waals surface area (Å²) in [4.78, 5) is 32.9. The van der Waals surface area contributed by atoms with E-state index in [1.165, 1.54) is 5.56 Å². The molecule has 2 aromatic carbocycles. The number of carbonyl (C=O) groups excluding carboxylic acids is 2. The fourth-order valence-electron chi connectivity index (χ4n) is 7.17. The standard InChI is InChI=1S/C38H40Cl2N6O3/c1-49-38-23(18-41-20-25-12-15-33(47)44-25)11-14-31(46-38)30-9-4-8-29(36(30)40)28-7-3-6-27(35(28)39)24-17-22-5-2-10-32(37(22)43-19-24)42-21-26-13-16-34(48)45-26/h3-4,6-9,11,14,17,19,25-26,32,41-42H,2,5,10,12-13,15-16,18,20-21H2,1H3,(H,44,47)(H,45,48)/t25-,26-,32-/m1/s1. The van der Waals surface area contributed by atoms with Crippen LogP contribution in [0.15, 0.2) is 60.8 Å². The highest BCUT2D eigenvalue weighted by molar-refractivity contribution is 6.39. The first-order valence-corrected chi connectivity index (χ1v) is 17.8. The van der Waals surface area contributed by atoms with Crippen molar-refractivity contribution in [2.75, 3.05) is 20.2 Å². The lowest BCUT2D eigenvalue weighted by molar-refractivity contribution is -0.120. The van der Waals surface area contributed by atoms with E-state index in [0.29, 0.717) is 47.6 Å². The Labute approximate surface area is 296 Å². The van der Waals surface area contributed by atoms with Crippen LogP contribution in [0.2, 0.25) is 10.0 Å². The lowest BCUT2D eigenvalue weighted by Gasteiger charge is -2.27. The second-order valence-corrected chi connectivity index (χ2v) is 13.8. The second-order valence-electron chi connectivity index (χ2n) is 13.1. The molecule has 0 bridgehead atoms. The van der Waals surface area contributed by atoms with Gasteiger partial charge in [0.1, 0.15) is 0 Å². The average molecular weight is 700 g/mol. The predicted octanol–water partition coefficient (Wildman–Crippen LogP) is 6.41. The summed E-state index contributed by atoms with van der Waals surface area (Å²) in [6.07, 6.45) is 7.86. The molecule has 11 heteroatoms. The highest BCUT2D eigenvalue weighted by Gasteiger charge is 2.26. The number of benzene rings is 2. The Hall–Kier alpha value is -4.02. The lowest BCUT2D eigenvalue weighted by atomic mass is 9.89. The molecule has 49 heavy (non-hydrogen) atoms. The number of aromatic nitrogens is 2. The first-order chi connectivity index (χ1) is 23.9. The quantitative estimate of drug-likeness (QED) is 0.143.